The van der Waals surface area contributed by atoms with E-state index >= 15 is 0 Å². The summed E-state index contributed by atoms with van der Waals surface area (Å²) in [5.74, 6) is 2.01. The molecule has 1 aliphatic rings. The summed E-state index contributed by atoms with van der Waals surface area (Å²) in [6, 6.07) is 10.9. The highest BCUT2D eigenvalue weighted by Crippen LogP contribution is 2.21. The van der Waals surface area contributed by atoms with E-state index in [1.807, 2.05) is 0 Å². The largest absolute Gasteiger partial charge is 0.370 e. The summed E-state index contributed by atoms with van der Waals surface area (Å²) in [6.07, 6.45) is 6.30. The fraction of sp³-hybridized carbons (Fsp3) is 0.667. The Balaban J connectivity index is 0.00000338. The SMILES string of the molecule is CC(C)CN=C(N)NCCCCN1CCC(Cc2ccccc2)CC1.I. The standard InChI is InChI=1S/C21H36N4.HI/c1-18(2)17-24-21(22)23-12-6-7-13-25-14-10-20(11-15-25)16-19-8-4-3-5-9-19;/h3-5,8-9,18,20H,6-7,10-17H2,1-2H3,(H3,22,23,24);1H. The molecule has 3 N–H and O–H groups in total. The highest BCUT2D eigenvalue weighted by atomic mass is 127. The van der Waals surface area contributed by atoms with Crippen LogP contribution in [0.15, 0.2) is 35.3 Å². The average Bonchev–Trinajstić information content (AvgIpc) is 2.62. The molecule has 148 valence electrons. The highest BCUT2D eigenvalue weighted by molar-refractivity contribution is 14.0. The number of halogens is 1. The molecule has 1 saturated heterocycles. The topological polar surface area (TPSA) is 53.6 Å². The van der Waals surface area contributed by atoms with Gasteiger partial charge in [-0.2, -0.15) is 0 Å². The number of piperidine rings is 1. The normalized spacial score (nSPS) is 16.5. The van der Waals surface area contributed by atoms with E-state index in [0.29, 0.717) is 11.9 Å². The number of unbranched alkanes of at least 4 members (excludes halogenated alkanes) is 1. The van der Waals surface area contributed by atoms with Crippen LogP contribution < -0.4 is 11.1 Å². The maximum Gasteiger partial charge on any atom is 0.188 e. The second-order valence-corrected chi connectivity index (χ2v) is 7.73. The van der Waals surface area contributed by atoms with Gasteiger partial charge >= 0.3 is 0 Å². The summed E-state index contributed by atoms with van der Waals surface area (Å²) < 4.78 is 0. The quantitative estimate of drug-likeness (QED) is 0.248. The number of aliphatic imine (C=N–C) groups is 1. The molecule has 1 heterocycles. The molecule has 4 nitrogen and oxygen atoms in total. The molecule has 0 amide bonds. The summed E-state index contributed by atoms with van der Waals surface area (Å²) >= 11 is 0. The van der Waals surface area contributed by atoms with Crippen LogP contribution >= 0.6 is 24.0 Å². The van der Waals surface area contributed by atoms with Crippen molar-refractivity contribution in [2.24, 2.45) is 22.6 Å². The predicted octanol–water partition coefficient (Wildman–Crippen LogP) is 3.90. The third-order valence-electron chi connectivity index (χ3n) is 4.91. The Morgan fingerprint density at radius 2 is 1.88 bits per heavy atom. The first-order valence-electron chi connectivity index (χ1n) is 9.93. The summed E-state index contributed by atoms with van der Waals surface area (Å²) in [4.78, 5) is 6.95. The zero-order valence-corrected chi connectivity index (χ0v) is 18.8. The summed E-state index contributed by atoms with van der Waals surface area (Å²) in [5.41, 5.74) is 7.34. The van der Waals surface area contributed by atoms with E-state index in [0.717, 1.165) is 25.4 Å². The molecule has 0 bridgehead atoms. The number of hydrogen-bond acceptors (Lipinski definition) is 2. The van der Waals surface area contributed by atoms with Gasteiger partial charge in [-0.15, -0.1) is 24.0 Å². The van der Waals surface area contributed by atoms with Gasteiger partial charge in [-0.25, -0.2) is 0 Å². The lowest BCUT2D eigenvalue weighted by atomic mass is 9.90. The van der Waals surface area contributed by atoms with Gasteiger partial charge in [-0.05, 0) is 69.1 Å². The first-order chi connectivity index (χ1) is 12.1. The minimum Gasteiger partial charge on any atom is -0.370 e. The number of nitrogens with zero attached hydrogens (tertiary/aromatic N) is 2. The molecule has 0 spiro atoms. The minimum atomic E-state index is 0. The molecule has 2 rings (SSSR count). The summed E-state index contributed by atoms with van der Waals surface area (Å²) in [6.45, 7) is 9.75. The maximum atomic E-state index is 5.85. The molecular formula is C21H37IN4. The van der Waals surface area contributed by atoms with Gasteiger partial charge in [-0.3, -0.25) is 4.99 Å². The van der Waals surface area contributed by atoms with Gasteiger partial charge in [0.05, 0.1) is 0 Å². The Hall–Kier alpha value is -0.820. The van der Waals surface area contributed by atoms with E-state index in [1.165, 1.54) is 50.9 Å². The van der Waals surface area contributed by atoms with Crippen molar-refractivity contribution >= 4 is 29.9 Å². The number of likely N-dealkylation sites (tertiary alicyclic amines) is 1. The molecule has 0 aliphatic carbocycles. The summed E-state index contributed by atoms with van der Waals surface area (Å²) in [5, 5.41) is 3.22. The summed E-state index contributed by atoms with van der Waals surface area (Å²) in [7, 11) is 0. The van der Waals surface area contributed by atoms with Crippen LogP contribution in [0.25, 0.3) is 0 Å². The van der Waals surface area contributed by atoms with Crippen LogP contribution in [0, 0.1) is 11.8 Å². The van der Waals surface area contributed by atoms with Crippen molar-refractivity contribution in [2.45, 2.75) is 46.0 Å². The van der Waals surface area contributed by atoms with E-state index < -0.39 is 0 Å². The lowest BCUT2D eigenvalue weighted by Gasteiger charge is -2.32. The Morgan fingerprint density at radius 1 is 1.19 bits per heavy atom. The van der Waals surface area contributed by atoms with E-state index in [2.05, 4.69) is 59.4 Å². The van der Waals surface area contributed by atoms with Gasteiger partial charge < -0.3 is 16.0 Å². The van der Waals surface area contributed by atoms with Crippen molar-refractivity contribution in [1.82, 2.24) is 10.2 Å². The van der Waals surface area contributed by atoms with Crippen molar-refractivity contribution in [3.8, 4) is 0 Å². The minimum absolute atomic E-state index is 0. The maximum absolute atomic E-state index is 5.85. The lowest BCUT2D eigenvalue weighted by molar-refractivity contribution is 0.181. The van der Waals surface area contributed by atoms with Gasteiger partial charge in [0, 0.05) is 13.1 Å². The van der Waals surface area contributed by atoms with E-state index in [1.54, 1.807) is 0 Å². The fourth-order valence-corrected chi connectivity index (χ4v) is 3.38. The number of hydrogen-bond donors (Lipinski definition) is 2. The van der Waals surface area contributed by atoms with Crippen molar-refractivity contribution in [1.29, 1.82) is 0 Å². The Labute approximate surface area is 177 Å². The van der Waals surface area contributed by atoms with Crippen molar-refractivity contribution in [3.63, 3.8) is 0 Å². The lowest BCUT2D eigenvalue weighted by Crippen LogP contribution is -2.36. The predicted molar refractivity (Wildman–Crippen MR) is 123 cm³/mol. The molecule has 0 aromatic heterocycles. The number of nitrogens with two attached hydrogens (primary N) is 1. The third kappa shape index (κ3) is 9.76. The second-order valence-electron chi connectivity index (χ2n) is 7.73. The van der Waals surface area contributed by atoms with Gasteiger partial charge in [0.2, 0.25) is 0 Å². The molecule has 1 aromatic carbocycles. The molecule has 0 atom stereocenters. The van der Waals surface area contributed by atoms with E-state index in [4.69, 9.17) is 5.73 Å². The van der Waals surface area contributed by atoms with Crippen molar-refractivity contribution in [2.75, 3.05) is 32.7 Å². The number of rotatable bonds is 9. The molecule has 1 fully saturated rings. The molecule has 5 heteroatoms. The second kappa shape index (κ2) is 13.4. The molecule has 26 heavy (non-hydrogen) atoms. The first kappa shape index (κ1) is 23.2. The van der Waals surface area contributed by atoms with Crippen molar-refractivity contribution in [3.05, 3.63) is 35.9 Å². The first-order valence-corrected chi connectivity index (χ1v) is 9.93. The van der Waals surface area contributed by atoms with Crippen LogP contribution in [0.4, 0.5) is 0 Å². The number of nitrogens with one attached hydrogen (secondary N) is 1. The Bertz CT molecular complexity index is 496. The molecule has 0 radical (unpaired) electrons. The van der Waals surface area contributed by atoms with Gasteiger partial charge in [0.25, 0.3) is 0 Å². The van der Waals surface area contributed by atoms with Crippen molar-refractivity contribution < 1.29 is 0 Å². The van der Waals surface area contributed by atoms with E-state index in [-0.39, 0.29) is 24.0 Å². The zero-order valence-electron chi connectivity index (χ0n) is 16.5. The molecule has 0 unspecified atom stereocenters. The van der Waals surface area contributed by atoms with Crippen LogP contribution in [0.3, 0.4) is 0 Å². The third-order valence-corrected chi connectivity index (χ3v) is 4.91. The van der Waals surface area contributed by atoms with Crippen LogP contribution in [0.1, 0.15) is 45.1 Å². The molecule has 1 aliphatic heterocycles. The Kier molecular flexibility index (Phi) is 11.9. The van der Waals surface area contributed by atoms with Gasteiger partial charge in [0.1, 0.15) is 0 Å². The van der Waals surface area contributed by atoms with Crippen LogP contribution in [0.5, 0.6) is 0 Å². The van der Waals surface area contributed by atoms with Gasteiger partial charge in [0.15, 0.2) is 5.96 Å². The highest BCUT2D eigenvalue weighted by Gasteiger charge is 2.18. The number of guanidine groups is 1. The molecular weight excluding hydrogens is 435 g/mol. The zero-order chi connectivity index (χ0) is 17.9. The van der Waals surface area contributed by atoms with Crippen LogP contribution in [-0.2, 0) is 6.42 Å². The molecule has 0 saturated carbocycles. The fourth-order valence-electron chi connectivity index (χ4n) is 3.38. The number of benzene rings is 1. The van der Waals surface area contributed by atoms with Gasteiger partial charge in [-0.1, -0.05) is 44.2 Å². The molecule has 1 aromatic rings. The van der Waals surface area contributed by atoms with E-state index in [9.17, 15) is 0 Å². The van der Waals surface area contributed by atoms with Crippen LogP contribution in [-0.4, -0.2) is 43.6 Å². The van der Waals surface area contributed by atoms with Crippen LogP contribution in [0.2, 0.25) is 0 Å². The monoisotopic (exact) mass is 472 g/mol. The Morgan fingerprint density at radius 3 is 2.54 bits per heavy atom. The smallest absolute Gasteiger partial charge is 0.188 e. The average molecular weight is 472 g/mol.